The van der Waals surface area contributed by atoms with E-state index >= 15 is 0 Å². The van der Waals surface area contributed by atoms with Crippen molar-refractivity contribution in [2.75, 3.05) is 13.1 Å². The molecule has 1 amide bonds. The number of aromatic nitrogens is 4. The Morgan fingerprint density at radius 3 is 2.41 bits per heavy atom. The fourth-order valence-corrected chi connectivity index (χ4v) is 3.64. The van der Waals surface area contributed by atoms with E-state index in [0.717, 1.165) is 35.6 Å². The number of aliphatic carboxylic acids is 1. The molecule has 9 nitrogen and oxygen atoms in total. The van der Waals surface area contributed by atoms with Crippen molar-refractivity contribution < 1.29 is 19.4 Å². The highest BCUT2D eigenvalue weighted by Crippen LogP contribution is 2.27. The van der Waals surface area contributed by atoms with Crippen LogP contribution in [-0.4, -0.2) is 60.3 Å². The molecule has 2 aromatic heterocycles. The van der Waals surface area contributed by atoms with Gasteiger partial charge in [-0.15, -0.1) is 5.10 Å². The van der Waals surface area contributed by atoms with Crippen LogP contribution in [-0.2, 0) is 16.0 Å². The van der Waals surface area contributed by atoms with Gasteiger partial charge in [0, 0.05) is 36.8 Å². The normalized spacial score (nSPS) is 15.7. The van der Waals surface area contributed by atoms with Crippen molar-refractivity contribution in [2.45, 2.75) is 71.8 Å². The Labute approximate surface area is 170 Å². The summed E-state index contributed by atoms with van der Waals surface area (Å²) in [5.74, 6) is 0.570. The molecular weight excluding hydrogens is 374 g/mol. The summed E-state index contributed by atoms with van der Waals surface area (Å²) in [4.78, 5) is 34.0. The number of ether oxygens (including phenoxy) is 1. The van der Waals surface area contributed by atoms with E-state index in [0.29, 0.717) is 25.3 Å². The van der Waals surface area contributed by atoms with Gasteiger partial charge in [0.1, 0.15) is 5.60 Å². The number of nitrogens with zero attached hydrogens (tertiary/aromatic N) is 5. The highest BCUT2D eigenvalue weighted by Gasteiger charge is 2.29. The first-order chi connectivity index (χ1) is 13.5. The number of carboxylic acid groups (broad SMARTS) is 1. The van der Waals surface area contributed by atoms with E-state index in [9.17, 15) is 9.59 Å². The first-order valence-corrected chi connectivity index (χ1v) is 9.97. The number of rotatable bonds is 4. The Hall–Kier alpha value is -2.71. The van der Waals surface area contributed by atoms with E-state index in [1.165, 1.54) is 0 Å². The van der Waals surface area contributed by atoms with Crippen molar-refractivity contribution in [3.8, 4) is 0 Å². The van der Waals surface area contributed by atoms with Gasteiger partial charge < -0.3 is 14.7 Å². The third kappa shape index (κ3) is 4.83. The second-order valence-electron chi connectivity index (χ2n) is 8.58. The Balaban J connectivity index is 1.74. The maximum atomic E-state index is 12.2. The second kappa shape index (κ2) is 7.96. The van der Waals surface area contributed by atoms with Crippen LogP contribution in [0.1, 0.15) is 68.7 Å². The minimum atomic E-state index is -0.833. The van der Waals surface area contributed by atoms with Gasteiger partial charge in [0.05, 0.1) is 0 Å². The molecule has 0 saturated carbocycles. The third-order valence-corrected chi connectivity index (χ3v) is 5.17. The number of amides is 1. The molecule has 1 saturated heterocycles. The molecule has 3 rings (SSSR count). The molecule has 0 spiro atoms. The number of likely N-dealkylation sites (tertiary alicyclic amines) is 1. The van der Waals surface area contributed by atoms with Gasteiger partial charge in [-0.05, 0) is 59.4 Å². The predicted octanol–water partition coefficient (Wildman–Crippen LogP) is 2.87. The molecule has 1 aliphatic heterocycles. The average molecular weight is 403 g/mol. The van der Waals surface area contributed by atoms with Gasteiger partial charge in [-0.3, -0.25) is 4.79 Å². The maximum absolute atomic E-state index is 12.2. The van der Waals surface area contributed by atoms with Crippen molar-refractivity contribution in [3.05, 3.63) is 22.8 Å². The SMILES string of the molecule is Cc1nc2nc(C3CCN(C(=O)OC(C)(C)C)CC3)nn2c(C)c1CCC(=O)O. The quantitative estimate of drug-likeness (QED) is 0.836. The molecule has 0 atom stereocenters. The summed E-state index contributed by atoms with van der Waals surface area (Å²) < 4.78 is 7.16. The van der Waals surface area contributed by atoms with E-state index in [2.05, 4.69) is 15.1 Å². The summed E-state index contributed by atoms with van der Waals surface area (Å²) in [6, 6.07) is 0. The minimum Gasteiger partial charge on any atom is -0.481 e. The van der Waals surface area contributed by atoms with Gasteiger partial charge in [0.15, 0.2) is 5.82 Å². The number of carbonyl (C=O) groups excluding carboxylic acids is 1. The molecule has 29 heavy (non-hydrogen) atoms. The van der Waals surface area contributed by atoms with Crippen LogP contribution in [0.3, 0.4) is 0 Å². The molecule has 1 N–H and O–H groups in total. The molecular formula is C20H29N5O4. The fraction of sp³-hybridized carbons (Fsp3) is 0.650. The molecule has 158 valence electrons. The van der Waals surface area contributed by atoms with Gasteiger partial charge in [-0.1, -0.05) is 0 Å². The summed E-state index contributed by atoms with van der Waals surface area (Å²) in [5, 5.41) is 13.6. The zero-order chi connectivity index (χ0) is 21.3. The van der Waals surface area contributed by atoms with E-state index in [-0.39, 0.29) is 18.4 Å². The van der Waals surface area contributed by atoms with Crippen LogP contribution in [0, 0.1) is 13.8 Å². The standard InChI is InChI=1S/C20H29N5O4/c1-12-15(6-7-16(26)27)13(2)25-18(21-12)22-17(23-25)14-8-10-24(11-9-14)19(28)29-20(3,4)5/h14H,6-11H2,1-5H3,(H,26,27). The molecule has 1 aliphatic rings. The summed E-state index contributed by atoms with van der Waals surface area (Å²) in [6.45, 7) is 10.6. The highest BCUT2D eigenvalue weighted by molar-refractivity contribution is 5.68. The Morgan fingerprint density at radius 1 is 1.17 bits per heavy atom. The number of aryl methyl sites for hydroxylation is 2. The zero-order valence-electron chi connectivity index (χ0n) is 17.7. The first kappa shape index (κ1) is 21.0. The van der Waals surface area contributed by atoms with E-state index in [1.54, 1.807) is 9.42 Å². The summed E-state index contributed by atoms with van der Waals surface area (Å²) >= 11 is 0. The smallest absolute Gasteiger partial charge is 0.410 e. The number of hydrogen-bond donors (Lipinski definition) is 1. The van der Waals surface area contributed by atoms with E-state index < -0.39 is 11.6 Å². The van der Waals surface area contributed by atoms with Crippen LogP contribution in [0.25, 0.3) is 5.78 Å². The molecule has 0 aliphatic carbocycles. The van der Waals surface area contributed by atoms with Crippen LogP contribution in [0.5, 0.6) is 0 Å². The fourth-order valence-electron chi connectivity index (χ4n) is 3.64. The lowest BCUT2D eigenvalue weighted by atomic mass is 9.96. The van der Waals surface area contributed by atoms with Crippen LogP contribution >= 0.6 is 0 Å². The summed E-state index contributed by atoms with van der Waals surface area (Å²) in [5.41, 5.74) is 2.06. The highest BCUT2D eigenvalue weighted by atomic mass is 16.6. The number of piperidine rings is 1. The van der Waals surface area contributed by atoms with Crippen LogP contribution in [0.15, 0.2) is 0 Å². The Kier molecular flexibility index (Phi) is 5.77. The van der Waals surface area contributed by atoms with Crippen molar-refractivity contribution >= 4 is 17.8 Å². The molecule has 2 aromatic rings. The van der Waals surface area contributed by atoms with Crippen molar-refractivity contribution in [1.29, 1.82) is 0 Å². The number of carbonyl (C=O) groups is 2. The first-order valence-electron chi connectivity index (χ1n) is 9.97. The van der Waals surface area contributed by atoms with Crippen molar-refractivity contribution in [3.63, 3.8) is 0 Å². The number of fused-ring (bicyclic) bond motifs is 1. The van der Waals surface area contributed by atoms with Crippen molar-refractivity contribution in [1.82, 2.24) is 24.5 Å². The number of carboxylic acids is 1. The lowest BCUT2D eigenvalue weighted by Crippen LogP contribution is -2.41. The molecule has 0 unspecified atom stereocenters. The van der Waals surface area contributed by atoms with Gasteiger partial charge in [-0.2, -0.15) is 4.98 Å². The third-order valence-electron chi connectivity index (χ3n) is 5.17. The van der Waals surface area contributed by atoms with Gasteiger partial charge >= 0.3 is 12.1 Å². The molecule has 9 heteroatoms. The number of hydrogen-bond acceptors (Lipinski definition) is 6. The predicted molar refractivity (Wildman–Crippen MR) is 106 cm³/mol. The largest absolute Gasteiger partial charge is 0.481 e. The topological polar surface area (TPSA) is 110 Å². The van der Waals surface area contributed by atoms with Gasteiger partial charge in [-0.25, -0.2) is 14.3 Å². The molecule has 1 fully saturated rings. The summed E-state index contributed by atoms with van der Waals surface area (Å²) in [6.07, 6.45) is 1.72. The van der Waals surface area contributed by atoms with E-state index in [4.69, 9.17) is 9.84 Å². The monoisotopic (exact) mass is 403 g/mol. The molecule has 0 aromatic carbocycles. The van der Waals surface area contributed by atoms with Gasteiger partial charge in [0.2, 0.25) is 0 Å². The summed E-state index contributed by atoms with van der Waals surface area (Å²) in [7, 11) is 0. The van der Waals surface area contributed by atoms with Crippen LogP contribution in [0.2, 0.25) is 0 Å². The maximum Gasteiger partial charge on any atom is 0.410 e. The lowest BCUT2D eigenvalue weighted by Gasteiger charge is -2.32. The Morgan fingerprint density at radius 2 is 1.83 bits per heavy atom. The van der Waals surface area contributed by atoms with Crippen LogP contribution < -0.4 is 0 Å². The molecule has 0 bridgehead atoms. The Bertz CT molecular complexity index is 923. The minimum absolute atomic E-state index is 0.0551. The zero-order valence-corrected chi connectivity index (χ0v) is 17.7. The lowest BCUT2D eigenvalue weighted by molar-refractivity contribution is -0.136. The average Bonchev–Trinajstić information content (AvgIpc) is 3.04. The molecule has 3 heterocycles. The van der Waals surface area contributed by atoms with Crippen LogP contribution in [0.4, 0.5) is 4.79 Å². The van der Waals surface area contributed by atoms with E-state index in [1.807, 2.05) is 34.6 Å². The second-order valence-corrected chi connectivity index (χ2v) is 8.58. The van der Waals surface area contributed by atoms with Crippen molar-refractivity contribution in [2.24, 2.45) is 0 Å². The molecule has 0 radical (unpaired) electrons. The van der Waals surface area contributed by atoms with Gasteiger partial charge in [0.25, 0.3) is 5.78 Å².